The molecule has 0 aliphatic carbocycles. The van der Waals surface area contributed by atoms with Gasteiger partial charge in [-0.15, -0.1) is 11.3 Å². The van der Waals surface area contributed by atoms with Gasteiger partial charge in [0.2, 0.25) is 11.8 Å². The molecule has 6 heteroatoms. The SMILES string of the molecule is Cc1ccsc1CN1CCN2C(=O)[C@@H](Cc3ccccc3)NC(=O)[C@H]2C1. The minimum atomic E-state index is -0.452. The highest BCUT2D eigenvalue weighted by molar-refractivity contribution is 7.10. The molecule has 1 aromatic carbocycles. The molecule has 0 spiro atoms. The monoisotopic (exact) mass is 369 g/mol. The van der Waals surface area contributed by atoms with E-state index in [9.17, 15) is 9.59 Å². The summed E-state index contributed by atoms with van der Waals surface area (Å²) in [4.78, 5) is 30.9. The van der Waals surface area contributed by atoms with Crippen LogP contribution < -0.4 is 5.32 Å². The van der Waals surface area contributed by atoms with Crippen LogP contribution in [0.1, 0.15) is 16.0 Å². The smallest absolute Gasteiger partial charge is 0.246 e. The van der Waals surface area contributed by atoms with E-state index in [2.05, 4.69) is 28.6 Å². The van der Waals surface area contributed by atoms with E-state index in [0.717, 1.165) is 18.7 Å². The van der Waals surface area contributed by atoms with Crippen LogP contribution in [-0.4, -0.2) is 53.3 Å². The first kappa shape index (κ1) is 17.2. The summed E-state index contributed by atoms with van der Waals surface area (Å²) in [5.41, 5.74) is 2.36. The van der Waals surface area contributed by atoms with Crippen molar-refractivity contribution in [3.05, 3.63) is 57.8 Å². The molecule has 2 fully saturated rings. The number of amides is 2. The van der Waals surface area contributed by atoms with E-state index in [4.69, 9.17) is 0 Å². The van der Waals surface area contributed by atoms with Gasteiger partial charge in [0, 0.05) is 37.5 Å². The number of hydrogen-bond donors (Lipinski definition) is 1. The van der Waals surface area contributed by atoms with Crippen molar-refractivity contribution in [1.29, 1.82) is 0 Å². The number of hydrogen-bond acceptors (Lipinski definition) is 4. The molecule has 0 radical (unpaired) electrons. The summed E-state index contributed by atoms with van der Waals surface area (Å²) in [5, 5.41) is 5.05. The van der Waals surface area contributed by atoms with Crippen LogP contribution in [0.25, 0.3) is 0 Å². The van der Waals surface area contributed by atoms with Gasteiger partial charge in [0.25, 0.3) is 0 Å². The van der Waals surface area contributed by atoms with Crippen molar-refractivity contribution in [2.24, 2.45) is 0 Å². The Morgan fingerprint density at radius 2 is 1.96 bits per heavy atom. The zero-order valence-corrected chi connectivity index (χ0v) is 15.7. The summed E-state index contributed by atoms with van der Waals surface area (Å²) in [6.07, 6.45) is 0.548. The lowest BCUT2D eigenvalue weighted by Crippen LogP contribution is -2.69. The average Bonchev–Trinajstić information content (AvgIpc) is 3.05. The van der Waals surface area contributed by atoms with E-state index in [1.165, 1.54) is 10.4 Å². The van der Waals surface area contributed by atoms with Crippen LogP contribution in [0, 0.1) is 6.92 Å². The van der Waals surface area contributed by atoms with E-state index in [1.54, 1.807) is 16.2 Å². The van der Waals surface area contributed by atoms with Crippen LogP contribution in [0.2, 0.25) is 0 Å². The molecule has 2 saturated heterocycles. The van der Waals surface area contributed by atoms with Gasteiger partial charge in [0.1, 0.15) is 12.1 Å². The highest BCUT2D eigenvalue weighted by Crippen LogP contribution is 2.22. The van der Waals surface area contributed by atoms with Crippen molar-refractivity contribution in [1.82, 2.24) is 15.1 Å². The van der Waals surface area contributed by atoms with Crippen LogP contribution in [0.5, 0.6) is 0 Å². The molecule has 26 heavy (non-hydrogen) atoms. The lowest BCUT2D eigenvalue weighted by Gasteiger charge is -2.45. The predicted molar refractivity (Wildman–Crippen MR) is 102 cm³/mol. The molecular weight excluding hydrogens is 346 g/mol. The van der Waals surface area contributed by atoms with Crippen molar-refractivity contribution in [3.63, 3.8) is 0 Å². The van der Waals surface area contributed by atoms with Crippen LogP contribution in [0.15, 0.2) is 41.8 Å². The van der Waals surface area contributed by atoms with Gasteiger partial charge in [-0.1, -0.05) is 30.3 Å². The fourth-order valence-electron chi connectivity index (χ4n) is 3.76. The summed E-state index contributed by atoms with van der Waals surface area (Å²) < 4.78 is 0. The van der Waals surface area contributed by atoms with Crippen molar-refractivity contribution < 1.29 is 9.59 Å². The van der Waals surface area contributed by atoms with E-state index in [-0.39, 0.29) is 17.9 Å². The summed E-state index contributed by atoms with van der Waals surface area (Å²) in [7, 11) is 0. The quantitative estimate of drug-likeness (QED) is 0.894. The van der Waals surface area contributed by atoms with Crippen molar-refractivity contribution in [2.75, 3.05) is 19.6 Å². The van der Waals surface area contributed by atoms with E-state index < -0.39 is 6.04 Å². The first-order valence-corrected chi connectivity index (χ1v) is 9.90. The third-order valence-electron chi connectivity index (χ3n) is 5.28. The maximum Gasteiger partial charge on any atom is 0.246 e. The van der Waals surface area contributed by atoms with Crippen LogP contribution in [0.3, 0.4) is 0 Å². The second-order valence-electron chi connectivity index (χ2n) is 7.06. The van der Waals surface area contributed by atoms with Gasteiger partial charge in [-0.2, -0.15) is 0 Å². The molecule has 0 bridgehead atoms. The normalized spacial score (nSPS) is 23.7. The maximum atomic E-state index is 12.9. The van der Waals surface area contributed by atoms with Gasteiger partial charge in [-0.25, -0.2) is 0 Å². The lowest BCUT2D eigenvalue weighted by molar-refractivity contribution is -0.153. The zero-order valence-electron chi connectivity index (χ0n) is 14.9. The Hall–Kier alpha value is -2.18. The number of carbonyl (C=O) groups excluding carboxylic acids is 2. The highest BCUT2D eigenvalue weighted by atomic mass is 32.1. The number of fused-ring (bicyclic) bond motifs is 1. The Balaban J connectivity index is 1.43. The Kier molecular flexibility index (Phi) is 4.78. The van der Waals surface area contributed by atoms with Gasteiger partial charge in [0.15, 0.2) is 0 Å². The number of thiophene rings is 1. The molecule has 4 rings (SSSR count). The molecule has 0 unspecified atom stereocenters. The number of nitrogens with zero attached hydrogens (tertiary/aromatic N) is 2. The third-order valence-corrected chi connectivity index (χ3v) is 6.29. The van der Waals surface area contributed by atoms with Gasteiger partial charge >= 0.3 is 0 Å². The highest BCUT2D eigenvalue weighted by Gasteiger charge is 2.43. The van der Waals surface area contributed by atoms with Gasteiger partial charge in [-0.05, 0) is 29.5 Å². The van der Waals surface area contributed by atoms with Crippen molar-refractivity contribution >= 4 is 23.2 Å². The van der Waals surface area contributed by atoms with Crippen molar-refractivity contribution in [3.8, 4) is 0 Å². The van der Waals surface area contributed by atoms with Crippen LogP contribution in [0.4, 0.5) is 0 Å². The largest absolute Gasteiger partial charge is 0.342 e. The maximum absolute atomic E-state index is 12.9. The molecule has 1 aromatic heterocycles. The summed E-state index contributed by atoms with van der Waals surface area (Å²) >= 11 is 1.75. The number of nitrogens with one attached hydrogen (secondary N) is 1. The molecule has 2 atom stereocenters. The molecule has 136 valence electrons. The number of piperazine rings is 2. The lowest BCUT2D eigenvalue weighted by atomic mass is 9.98. The second-order valence-corrected chi connectivity index (χ2v) is 8.06. The molecule has 2 amide bonds. The molecular formula is C20H23N3O2S. The number of rotatable bonds is 4. The van der Waals surface area contributed by atoms with E-state index in [1.807, 2.05) is 30.3 Å². The minimum absolute atomic E-state index is 0.0295. The molecule has 2 aliphatic rings. The summed E-state index contributed by atoms with van der Waals surface area (Å²) in [6, 6.07) is 11.2. The molecule has 1 N–H and O–H groups in total. The van der Waals surface area contributed by atoms with Crippen molar-refractivity contribution in [2.45, 2.75) is 32.0 Å². The van der Waals surface area contributed by atoms with Gasteiger partial charge < -0.3 is 10.2 Å². The van der Waals surface area contributed by atoms with Crippen LogP contribution in [-0.2, 0) is 22.6 Å². The average molecular weight is 369 g/mol. The molecule has 3 heterocycles. The third kappa shape index (κ3) is 3.39. The Morgan fingerprint density at radius 3 is 2.69 bits per heavy atom. The first-order chi connectivity index (χ1) is 12.6. The second kappa shape index (κ2) is 7.21. The number of carbonyl (C=O) groups is 2. The Labute approximate surface area is 157 Å². The molecule has 5 nitrogen and oxygen atoms in total. The van der Waals surface area contributed by atoms with Gasteiger partial charge in [-0.3, -0.25) is 14.5 Å². The zero-order chi connectivity index (χ0) is 18.1. The summed E-state index contributed by atoms with van der Waals surface area (Å²) in [6.45, 7) is 5.00. The Morgan fingerprint density at radius 1 is 1.15 bits per heavy atom. The first-order valence-electron chi connectivity index (χ1n) is 9.02. The Bertz CT molecular complexity index is 804. The van der Waals surface area contributed by atoms with E-state index in [0.29, 0.717) is 19.5 Å². The fraction of sp³-hybridized carbons (Fsp3) is 0.400. The number of benzene rings is 1. The fourth-order valence-corrected chi connectivity index (χ4v) is 4.71. The standard InChI is InChI=1S/C20H23N3O2S/c1-14-7-10-26-18(14)13-22-8-9-23-17(12-22)19(24)21-16(20(23)25)11-15-5-3-2-4-6-15/h2-7,10,16-17H,8-9,11-13H2,1H3,(H,21,24)/t16-,17-/m1/s1. The molecule has 2 aliphatic heterocycles. The van der Waals surface area contributed by atoms with Crippen LogP contribution >= 0.6 is 11.3 Å². The van der Waals surface area contributed by atoms with E-state index >= 15 is 0 Å². The molecule has 0 saturated carbocycles. The number of aryl methyl sites for hydroxylation is 1. The topological polar surface area (TPSA) is 52.6 Å². The van der Waals surface area contributed by atoms with Gasteiger partial charge in [0.05, 0.1) is 0 Å². The summed E-state index contributed by atoms with van der Waals surface area (Å²) in [5.74, 6) is 0.0172. The molecule has 2 aromatic rings. The minimum Gasteiger partial charge on any atom is -0.342 e. The predicted octanol–water partition coefficient (Wildman–Crippen LogP) is 1.81.